The molecule has 10 nitrogen and oxygen atoms in total. The number of carbonyl (C=O) groups is 2. The van der Waals surface area contributed by atoms with Crippen molar-refractivity contribution >= 4 is 11.6 Å². The van der Waals surface area contributed by atoms with E-state index in [2.05, 4.69) is 0 Å². The minimum absolute atomic E-state index is 0.175. The normalized spacial score (nSPS) is 12.3. The van der Waals surface area contributed by atoms with Crippen LogP contribution in [0.4, 0.5) is 0 Å². The van der Waals surface area contributed by atoms with E-state index in [1.807, 2.05) is 0 Å². The number of rotatable bonds is 8. The molecule has 0 bridgehead atoms. The van der Waals surface area contributed by atoms with Crippen LogP contribution in [-0.4, -0.2) is 68.4 Å². The summed E-state index contributed by atoms with van der Waals surface area (Å²) in [7, 11) is 12.1. The van der Waals surface area contributed by atoms with Gasteiger partial charge < -0.3 is 37.9 Å². The van der Waals surface area contributed by atoms with Gasteiger partial charge in [-0.25, -0.2) is 0 Å². The average molecular weight is 629 g/mol. The number of benzene rings is 4. The molecule has 5 rings (SSSR count). The highest BCUT2D eigenvalue weighted by Crippen LogP contribution is 2.41. The minimum atomic E-state index is -0.275. The van der Waals surface area contributed by atoms with E-state index in [0.717, 1.165) is 0 Å². The van der Waals surface area contributed by atoms with Crippen molar-refractivity contribution in [3.63, 3.8) is 0 Å². The molecule has 0 N–H and O–H groups in total. The third-order valence-electron chi connectivity index (χ3n) is 8.18. The van der Waals surface area contributed by atoms with E-state index in [1.54, 1.807) is 48.5 Å². The molecular weight excluding hydrogens is 592 g/mol. The number of methoxy groups -OCH3 is 8. The highest BCUT2D eigenvalue weighted by molar-refractivity contribution is 6.14. The lowest BCUT2D eigenvalue weighted by Crippen LogP contribution is -2.16. The maximum Gasteiger partial charge on any atom is 0.193 e. The van der Waals surface area contributed by atoms with Gasteiger partial charge in [0.15, 0.2) is 57.6 Å². The SMILES string of the molecule is COc1cc2c(cc1OC)C(=O)c1cc(OC)c(OC)cc1Cc1cc(OC)c(OC)cc1C(=O)c1cc(OC)c(OC)cc1C2. The van der Waals surface area contributed by atoms with Crippen molar-refractivity contribution in [1.82, 2.24) is 0 Å². The van der Waals surface area contributed by atoms with Crippen molar-refractivity contribution in [2.45, 2.75) is 12.8 Å². The maximum atomic E-state index is 14.7. The summed E-state index contributed by atoms with van der Waals surface area (Å²) < 4.78 is 44.9. The molecule has 46 heavy (non-hydrogen) atoms. The molecule has 0 radical (unpaired) electrons. The van der Waals surface area contributed by atoms with Crippen molar-refractivity contribution in [1.29, 1.82) is 0 Å². The van der Waals surface area contributed by atoms with Crippen molar-refractivity contribution in [2.24, 2.45) is 0 Å². The standard InChI is InChI=1S/C36H36O10/c1-39-27-11-19-9-20-12-28(40-2)32(44-6)16-24(20)36(38)26-18-34(46-8)30(42-4)14-22(26)10-21-13-29(41-3)33(45-7)17-25(21)35(37)23(19)15-31(27)43-5/h11-18H,9-10H2,1-8H3. The van der Waals surface area contributed by atoms with Gasteiger partial charge in [-0.1, -0.05) is 0 Å². The molecule has 4 aromatic rings. The Labute approximate surface area is 267 Å². The van der Waals surface area contributed by atoms with Crippen LogP contribution in [0.2, 0.25) is 0 Å². The molecule has 1 aliphatic carbocycles. The van der Waals surface area contributed by atoms with Crippen molar-refractivity contribution in [3.8, 4) is 46.0 Å². The summed E-state index contributed by atoms with van der Waals surface area (Å²) in [5.41, 5.74) is 3.91. The Bertz CT molecular complexity index is 1560. The predicted octanol–water partition coefficient (Wildman–Crippen LogP) is 5.71. The molecule has 240 valence electrons. The Hall–Kier alpha value is -5.38. The lowest BCUT2D eigenvalue weighted by atomic mass is 9.84. The van der Waals surface area contributed by atoms with Crippen LogP contribution < -0.4 is 37.9 Å². The summed E-state index contributed by atoms with van der Waals surface area (Å²) >= 11 is 0. The first-order valence-corrected chi connectivity index (χ1v) is 14.3. The Morgan fingerprint density at radius 1 is 0.326 bits per heavy atom. The van der Waals surface area contributed by atoms with E-state index >= 15 is 0 Å². The number of fused-ring (bicyclic) bond motifs is 4. The molecular formula is C36H36O10. The first-order valence-electron chi connectivity index (χ1n) is 14.3. The molecule has 0 heterocycles. The second kappa shape index (κ2) is 13.3. The van der Waals surface area contributed by atoms with Crippen LogP contribution in [0.5, 0.6) is 46.0 Å². The van der Waals surface area contributed by atoms with Crippen LogP contribution in [-0.2, 0) is 12.8 Å². The van der Waals surface area contributed by atoms with E-state index in [0.29, 0.717) is 90.5 Å². The van der Waals surface area contributed by atoms with E-state index in [4.69, 9.17) is 37.9 Å². The lowest BCUT2D eigenvalue weighted by Gasteiger charge is -2.22. The zero-order chi connectivity index (χ0) is 33.1. The molecule has 0 amide bonds. The van der Waals surface area contributed by atoms with Gasteiger partial charge in [0, 0.05) is 22.3 Å². The van der Waals surface area contributed by atoms with Crippen molar-refractivity contribution in [3.05, 3.63) is 93.0 Å². The molecule has 0 unspecified atom stereocenters. The predicted molar refractivity (Wildman–Crippen MR) is 171 cm³/mol. The van der Waals surface area contributed by atoms with E-state index in [-0.39, 0.29) is 24.4 Å². The summed E-state index contributed by atoms with van der Waals surface area (Å²) in [6.07, 6.45) is 0.349. The van der Waals surface area contributed by atoms with Crippen LogP contribution in [0.25, 0.3) is 0 Å². The Balaban J connectivity index is 1.92. The molecule has 4 aromatic carbocycles. The summed E-state index contributed by atoms with van der Waals surface area (Å²) in [5, 5.41) is 0. The molecule has 0 spiro atoms. The fourth-order valence-corrected chi connectivity index (χ4v) is 5.82. The van der Waals surface area contributed by atoms with Gasteiger partial charge in [-0.15, -0.1) is 0 Å². The largest absolute Gasteiger partial charge is 0.493 e. The molecule has 0 saturated carbocycles. The highest BCUT2D eigenvalue weighted by Gasteiger charge is 2.29. The van der Waals surface area contributed by atoms with Crippen LogP contribution >= 0.6 is 0 Å². The lowest BCUT2D eigenvalue weighted by molar-refractivity contribution is 0.103. The van der Waals surface area contributed by atoms with Gasteiger partial charge in [0.2, 0.25) is 0 Å². The Morgan fingerprint density at radius 2 is 0.500 bits per heavy atom. The van der Waals surface area contributed by atoms with Crippen molar-refractivity contribution in [2.75, 3.05) is 56.9 Å². The number of ether oxygens (including phenoxy) is 8. The number of hydrogen-bond acceptors (Lipinski definition) is 10. The quantitative estimate of drug-likeness (QED) is 0.212. The highest BCUT2D eigenvalue weighted by atomic mass is 16.5. The average Bonchev–Trinajstić information content (AvgIpc) is 3.09. The second-order valence-electron chi connectivity index (χ2n) is 10.5. The molecule has 1 aliphatic rings. The third kappa shape index (κ3) is 5.62. The Morgan fingerprint density at radius 3 is 0.674 bits per heavy atom. The Kier molecular flexibility index (Phi) is 9.27. The second-order valence-corrected chi connectivity index (χ2v) is 10.5. The zero-order valence-corrected chi connectivity index (χ0v) is 27.1. The molecule has 10 heteroatoms. The summed E-state index contributed by atoms with van der Waals surface area (Å²) in [6.45, 7) is 0. The minimum Gasteiger partial charge on any atom is -0.493 e. The van der Waals surface area contributed by atoms with Gasteiger partial charge in [-0.3, -0.25) is 9.59 Å². The summed E-state index contributed by atoms with van der Waals surface area (Å²) in [5.74, 6) is 2.72. The first kappa shape index (κ1) is 32.0. The molecule has 0 aromatic heterocycles. The smallest absolute Gasteiger partial charge is 0.193 e. The van der Waals surface area contributed by atoms with Crippen molar-refractivity contribution < 1.29 is 47.5 Å². The van der Waals surface area contributed by atoms with Crippen LogP contribution in [0.3, 0.4) is 0 Å². The van der Waals surface area contributed by atoms with Gasteiger partial charge in [-0.2, -0.15) is 0 Å². The van der Waals surface area contributed by atoms with Gasteiger partial charge in [-0.05, 0) is 83.6 Å². The molecule has 0 aliphatic heterocycles. The molecule has 0 atom stereocenters. The van der Waals surface area contributed by atoms with E-state index in [9.17, 15) is 9.59 Å². The van der Waals surface area contributed by atoms with Gasteiger partial charge in [0.1, 0.15) is 0 Å². The van der Waals surface area contributed by atoms with Crippen LogP contribution in [0.15, 0.2) is 48.5 Å². The number of ketones is 2. The van der Waals surface area contributed by atoms with Gasteiger partial charge in [0.25, 0.3) is 0 Å². The molecule has 0 saturated heterocycles. The van der Waals surface area contributed by atoms with E-state index in [1.165, 1.54) is 56.9 Å². The number of hydrogen-bond donors (Lipinski definition) is 0. The zero-order valence-electron chi connectivity index (χ0n) is 27.1. The monoisotopic (exact) mass is 628 g/mol. The van der Waals surface area contributed by atoms with Gasteiger partial charge in [0.05, 0.1) is 56.9 Å². The third-order valence-corrected chi connectivity index (χ3v) is 8.18. The van der Waals surface area contributed by atoms with Crippen LogP contribution in [0.1, 0.15) is 54.1 Å². The van der Waals surface area contributed by atoms with Crippen LogP contribution in [0, 0.1) is 0 Å². The topological polar surface area (TPSA) is 108 Å². The summed E-state index contributed by atoms with van der Waals surface area (Å²) in [6, 6.07) is 13.7. The van der Waals surface area contributed by atoms with E-state index < -0.39 is 0 Å². The fraction of sp³-hybridized carbons (Fsp3) is 0.278. The number of carbonyl (C=O) groups excluding carboxylic acids is 2. The van der Waals surface area contributed by atoms with Gasteiger partial charge >= 0.3 is 0 Å². The summed E-state index contributed by atoms with van der Waals surface area (Å²) in [4.78, 5) is 29.3. The molecule has 0 fully saturated rings. The first-order chi connectivity index (χ1) is 22.2. The maximum absolute atomic E-state index is 14.7. The fourth-order valence-electron chi connectivity index (χ4n) is 5.82.